The van der Waals surface area contributed by atoms with Crippen LogP contribution in [0, 0.1) is 13.8 Å². The fourth-order valence-electron chi connectivity index (χ4n) is 13.4. The highest BCUT2D eigenvalue weighted by atomic mass is 15.1. The molecule has 8 nitrogen and oxygen atoms in total. The molecule has 0 bridgehead atoms. The van der Waals surface area contributed by atoms with E-state index in [0.29, 0.717) is 34.9 Å². The van der Waals surface area contributed by atoms with Crippen molar-refractivity contribution in [2.45, 2.75) is 13.8 Å². The molecule has 0 aliphatic carbocycles. The normalized spacial score (nSPS) is 11.5. The molecule has 0 aliphatic heterocycles. The molecule has 17 aromatic rings. The maximum Gasteiger partial charge on any atom is 0.164 e. The molecule has 13 aromatic carbocycles. The average molecular weight is 1200 g/mol. The number of para-hydroxylation sites is 2. The number of aryl methyl sites for hydroxylation is 2. The maximum absolute atomic E-state index is 5.43. The number of rotatable bonds is 12. The largest absolute Gasteiger partial charge is 0.309 e. The van der Waals surface area contributed by atoms with E-state index in [1.165, 1.54) is 54.9 Å². The number of aromatic nitrogens is 8. The monoisotopic (exact) mass is 1200 g/mol. The average Bonchev–Trinajstić information content (AvgIpc) is 1.57. The number of hydrogen-bond acceptors (Lipinski definition) is 6. The van der Waals surface area contributed by atoms with E-state index in [9.17, 15) is 0 Å². The van der Waals surface area contributed by atoms with Gasteiger partial charge in [0.05, 0.1) is 22.1 Å². The molecule has 0 saturated heterocycles. The van der Waals surface area contributed by atoms with Crippen LogP contribution in [0.4, 0.5) is 0 Å². The van der Waals surface area contributed by atoms with Crippen molar-refractivity contribution in [3.8, 4) is 124 Å². The predicted octanol–water partition coefficient (Wildman–Crippen LogP) is 21.5. The van der Waals surface area contributed by atoms with E-state index in [1.54, 1.807) is 0 Å². The summed E-state index contributed by atoms with van der Waals surface area (Å²) in [5, 5.41) is 4.67. The van der Waals surface area contributed by atoms with Gasteiger partial charge in [-0.25, -0.2) is 29.9 Å². The lowest BCUT2D eigenvalue weighted by Crippen LogP contribution is -2.03. The van der Waals surface area contributed by atoms with Gasteiger partial charge >= 0.3 is 0 Å². The van der Waals surface area contributed by atoms with Crippen molar-refractivity contribution in [3.63, 3.8) is 0 Å². The van der Waals surface area contributed by atoms with Crippen LogP contribution in [-0.4, -0.2) is 39.0 Å². The van der Waals surface area contributed by atoms with Crippen LogP contribution in [-0.2, 0) is 0 Å². The van der Waals surface area contributed by atoms with Gasteiger partial charge in [-0.3, -0.25) is 0 Å². The summed E-state index contributed by atoms with van der Waals surface area (Å²) in [7, 11) is 0. The Balaban J connectivity index is 0.889. The van der Waals surface area contributed by atoms with Gasteiger partial charge in [0, 0.05) is 66.3 Å². The van der Waals surface area contributed by atoms with E-state index in [-0.39, 0.29) is 0 Å². The van der Waals surface area contributed by atoms with Crippen LogP contribution in [0.3, 0.4) is 0 Å². The van der Waals surface area contributed by atoms with Crippen molar-refractivity contribution in [1.82, 2.24) is 39.0 Å². The summed E-state index contributed by atoms with van der Waals surface area (Å²) < 4.78 is 4.75. The molecular weight excluding hydrogens is 1150 g/mol. The molecule has 8 heteroatoms. The summed E-state index contributed by atoms with van der Waals surface area (Å²) in [6.45, 7) is 4.29. The number of benzene rings is 13. The molecule has 0 spiro atoms. The molecular formula is C86H58N8. The van der Waals surface area contributed by atoms with Crippen LogP contribution < -0.4 is 0 Å². The van der Waals surface area contributed by atoms with E-state index in [4.69, 9.17) is 29.9 Å². The molecule has 0 aliphatic rings. The Morgan fingerprint density at radius 1 is 0.191 bits per heavy atom. The van der Waals surface area contributed by atoms with Gasteiger partial charge in [-0.15, -0.1) is 0 Å². The molecule has 0 unspecified atom stereocenters. The zero-order valence-electron chi connectivity index (χ0n) is 51.6. The summed E-state index contributed by atoms with van der Waals surface area (Å²) in [5.41, 5.74) is 22.6. The minimum Gasteiger partial charge on any atom is -0.309 e. The fraction of sp³-hybridized carbons (Fsp3) is 0.0233. The van der Waals surface area contributed by atoms with Gasteiger partial charge < -0.3 is 9.13 Å². The molecule has 0 saturated carbocycles. The highest BCUT2D eigenvalue weighted by Gasteiger charge is 2.24. The summed E-state index contributed by atoms with van der Waals surface area (Å²) >= 11 is 0. The first kappa shape index (κ1) is 55.5. The first-order valence-corrected chi connectivity index (χ1v) is 31.7. The smallest absolute Gasteiger partial charge is 0.164 e. The quantitative estimate of drug-likeness (QED) is 0.121. The van der Waals surface area contributed by atoms with Gasteiger partial charge in [0.25, 0.3) is 0 Å². The highest BCUT2D eigenvalue weighted by Crippen LogP contribution is 2.43. The third-order valence-corrected chi connectivity index (χ3v) is 17.9. The first-order valence-electron chi connectivity index (χ1n) is 31.7. The molecule has 0 fully saturated rings. The predicted molar refractivity (Wildman–Crippen MR) is 386 cm³/mol. The second-order valence-electron chi connectivity index (χ2n) is 24.0. The van der Waals surface area contributed by atoms with Crippen molar-refractivity contribution in [1.29, 1.82) is 0 Å². The van der Waals surface area contributed by atoms with E-state index in [1.807, 2.05) is 72.8 Å². The third kappa shape index (κ3) is 10.2. The molecule has 17 rings (SSSR count). The summed E-state index contributed by atoms with van der Waals surface area (Å²) in [6.07, 6.45) is 0. The van der Waals surface area contributed by atoms with Gasteiger partial charge in [-0.1, -0.05) is 260 Å². The maximum atomic E-state index is 5.43. The van der Waals surface area contributed by atoms with E-state index < -0.39 is 0 Å². The number of hydrogen-bond donors (Lipinski definition) is 0. The van der Waals surface area contributed by atoms with Gasteiger partial charge in [0.2, 0.25) is 0 Å². The lowest BCUT2D eigenvalue weighted by Gasteiger charge is -2.17. The van der Waals surface area contributed by atoms with Gasteiger partial charge in [0.1, 0.15) is 0 Å². The Hall–Kier alpha value is -12.5. The molecule has 94 heavy (non-hydrogen) atoms. The van der Waals surface area contributed by atoms with Crippen molar-refractivity contribution in [2.24, 2.45) is 0 Å². The van der Waals surface area contributed by atoms with E-state index in [0.717, 1.165) is 89.1 Å². The molecule has 442 valence electrons. The summed E-state index contributed by atoms with van der Waals surface area (Å²) in [4.78, 5) is 32.1. The Morgan fingerprint density at radius 2 is 0.500 bits per heavy atom. The van der Waals surface area contributed by atoms with Gasteiger partial charge in [-0.05, 0) is 125 Å². The van der Waals surface area contributed by atoms with Crippen molar-refractivity contribution >= 4 is 43.6 Å². The minimum absolute atomic E-state index is 0.548. The summed E-state index contributed by atoms with van der Waals surface area (Å²) in [5.74, 6) is 3.42. The molecule has 0 atom stereocenters. The van der Waals surface area contributed by atoms with Gasteiger partial charge in [-0.2, -0.15) is 0 Å². The van der Waals surface area contributed by atoms with E-state index >= 15 is 0 Å². The third-order valence-electron chi connectivity index (χ3n) is 17.9. The molecule has 4 heterocycles. The van der Waals surface area contributed by atoms with Crippen molar-refractivity contribution in [3.05, 3.63) is 327 Å². The standard InChI is InChI=1S/C86H58N8/c1-55-22-19-32-61(48-55)63-40-46-79-73(51-63)71-36-15-17-38-77(71)93(79)67-42-44-69(75(53-67)85-89-81(57-24-7-3-8-25-57)87-82(90-85)58-26-9-4-10-27-58)65-34-21-35-66(50-65)70-45-43-68(54-76(70)86-91-83(59-28-11-5-12-29-59)88-84(92-86)60-30-13-6-14-31-60)94-78-39-18-16-37-72(78)74-52-64(41-47-80(74)94)62-33-20-23-56(2)49-62/h3-54H,1-2H3. The summed E-state index contributed by atoms with van der Waals surface area (Å²) in [6, 6.07) is 112. The first-order chi connectivity index (χ1) is 46.4. The molecule has 0 amide bonds. The van der Waals surface area contributed by atoms with Crippen LogP contribution in [0.15, 0.2) is 315 Å². The Bertz CT molecular complexity index is 5290. The van der Waals surface area contributed by atoms with Crippen LogP contribution in [0.25, 0.3) is 168 Å². The van der Waals surface area contributed by atoms with Crippen LogP contribution in [0.5, 0.6) is 0 Å². The number of fused-ring (bicyclic) bond motifs is 6. The molecule has 0 N–H and O–H groups in total. The molecule has 4 aromatic heterocycles. The second kappa shape index (κ2) is 23.4. The highest BCUT2D eigenvalue weighted by molar-refractivity contribution is 6.12. The second-order valence-corrected chi connectivity index (χ2v) is 24.0. The topological polar surface area (TPSA) is 87.2 Å². The Morgan fingerprint density at radius 3 is 0.883 bits per heavy atom. The number of nitrogens with zero attached hydrogens (tertiary/aromatic N) is 8. The van der Waals surface area contributed by atoms with E-state index in [2.05, 4.69) is 266 Å². The SMILES string of the molecule is Cc1cccc(-c2ccc3c(c2)c2ccccc2n3-c2ccc(-c3cccc(-c4ccc(-n5c6ccccc6c6cc(-c7cccc(C)c7)ccc65)cc4-c4nc(-c5ccccc5)nc(-c5ccccc5)n4)c3)c(-c3nc(-c4ccccc4)nc(-c4ccccc4)n3)c2)c1. The van der Waals surface area contributed by atoms with Crippen molar-refractivity contribution < 1.29 is 0 Å². The minimum atomic E-state index is 0.548. The van der Waals surface area contributed by atoms with Crippen LogP contribution in [0.2, 0.25) is 0 Å². The van der Waals surface area contributed by atoms with Crippen molar-refractivity contribution in [2.75, 3.05) is 0 Å². The fourth-order valence-corrected chi connectivity index (χ4v) is 13.4. The Kier molecular flexibility index (Phi) is 13.8. The Labute approximate surface area is 544 Å². The lowest BCUT2D eigenvalue weighted by molar-refractivity contribution is 1.07. The van der Waals surface area contributed by atoms with Gasteiger partial charge in [0.15, 0.2) is 34.9 Å². The zero-order valence-corrected chi connectivity index (χ0v) is 51.6. The van der Waals surface area contributed by atoms with Crippen LogP contribution >= 0.6 is 0 Å². The lowest BCUT2D eigenvalue weighted by atomic mass is 9.92. The van der Waals surface area contributed by atoms with Crippen LogP contribution in [0.1, 0.15) is 11.1 Å². The molecule has 0 radical (unpaired) electrons. The zero-order chi connectivity index (χ0) is 62.6.